The number of aromatic nitrogens is 1. The molecule has 6 heteroatoms. The predicted octanol–water partition coefficient (Wildman–Crippen LogP) is 1.39. The van der Waals surface area contributed by atoms with Crippen LogP contribution in [0.4, 0.5) is 5.82 Å². The Bertz CT molecular complexity index is 466. The van der Waals surface area contributed by atoms with E-state index in [9.17, 15) is 4.79 Å². The third-order valence-electron chi connectivity index (χ3n) is 3.36. The number of carbonyl (C=O) groups is 1. The lowest BCUT2D eigenvalue weighted by molar-refractivity contribution is 0.0932. The fourth-order valence-corrected chi connectivity index (χ4v) is 2.57. The molecular weight excluding hydrogens is 264 g/mol. The van der Waals surface area contributed by atoms with Crippen LogP contribution in [-0.4, -0.2) is 42.5 Å². The summed E-state index contributed by atoms with van der Waals surface area (Å²) >= 11 is 5.95. The molecule has 1 amide bonds. The summed E-state index contributed by atoms with van der Waals surface area (Å²) in [6.45, 7) is 2.79. The molecular formula is C13H19ClN4O. The van der Waals surface area contributed by atoms with Gasteiger partial charge in [0.1, 0.15) is 11.5 Å². The zero-order valence-electron chi connectivity index (χ0n) is 11.0. The molecule has 1 aliphatic rings. The van der Waals surface area contributed by atoms with Crippen molar-refractivity contribution >= 4 is 23.3 Å². The number of halogens is 1. The number of nitrogens with zero attached hydrogens (tertiary/aromatic N) is 2. The Kier molecular flexibility index (Phi) is 4.61. The molecule has 1 saturated heterocycles. The Balaban J connectivity index is 1.92. The number of nitrogens with two attached hydrogens (primary N) is 1. The van der Waals surface area contributed by atoms with Crippen LogP contribution in [0.1, 0.15) is 23.3 Å². The van der Waals surface area contributed by atoms with Crippen LogP contribution in [0.3, 0.4) is 0 Å². The van der Waals surface area contributed by atoms with Crippen molar-refractivity contribution in [1.82, 2.24) is 15.2 Å². The zero-order valence-corrected chi connectivity index (χ0v) is 11.8. The number of likely N-dealkylation sites (tertiary alicyclic amines) is 1. The first-order chi connectivity index (χ1) is 9.06. The maximum atomic E-state index is 12.0. The standard InChI is InChI=1S/C13H19ClN4O/c1-18-6-2-3-9(8-18)7-16-13(19)12-10(14)4-5-11(15)17-12/h4-5,9H,2-3,6-8H2,1H3,(H2,15,17)(H,16,19). The molecule has 0 aliphatic carbocycles. The highest BCUT2D eigenvalue weighted by Gasteiger charge is 2.19. The van der Waals surface area contributed by atoms with Crippen LogP contribution in [0, 0.1) is 5.92 Å². The fraction of sp³-hybridized carbons (Fsp3) is 0.538. The van der Waals surface area contributed by atoms with E-state index in [2.05, 4.69) is 22.2 Å². The molecule has 1 unspecified atom stereocenters. The molecule has 5 nitrogen and oxygen atoms in total. The van der Waals surface area contributed by atoms with Crippen molar-refractivity contribution in [2.24, 2.45) is 5.92 Å². The molecule has 1 fully saturated rings. The molecule has 0 radical (unpaired) electrons. The van der Waals surface area contributed by atoms with E-state index in [4.69, 9.17) is 17.3 Å². The number of nitrogen functional groups attached to an aromatic ring is 1. The zero-order chi connectivity index (χ0) is 13.8. The number of piperidine rings is 1. The number of pyridine rings is 1. The summed E-state index contributed by atoms with van der Waals surface area (Å²) in [6, 6.07) is 3.17. The van der Waals surface area contributed by atoms with Gasteiger partial charge in [-0.3, -0.25) is 4.79 Å². The van der Waals surface area contributed by atoms with Gasteiger partial charge in [-0.05, 0) is 44.5 Å². The largest absolute Gasteiger partial charge is 0.384 e. The van der Waals surface area contributed by atoms with Crippen LogP contribution in [0.15, 0.2) is 12.1 Å². The van der Waals surface area contributed by atoms with Gasteiger partial charge in [-0.15, -0.1) is 0 Å². The van der Waals surface area contributed by atoms with E-state index in [1.54, 1.807) is 12.1 Å². The van der Waals surface area contributed by atoms with Crippen molar-refractivity contribution in [3.8, 4) is 0 Å². The smallest absolute Gasteiger partial charge is 0.271 e. The lowest BCUT2D eigenvalue weighted by atomic mass is 9.98. The summed E-state index contributed by atoms with van der Waals surface area (Å²) in [5, 5.41) is 3.22. The lowest BCUT2D eigenvalue weighted by Gasteiger charge is -2.29. The minimum Gasteiger partial charge on any atom is -0.384 e. The molecule has 0 bridgehead atoms. The summed E-state index contributed by atoms with van der Waals surface area (Å²) in [6.07, 6.45) is 2.32. The Morgan fingerprint density at radius 1 is 1.63 bits per heavy atom. The van der Waals surface area contributed by atoms with E-state index in [1.165, 1.54) is 6.42 Å². The summed E-state index contributed by atoms with van der Waals surface area (Å²) < 4.78 is 0. The maximum Gasteiger partial charge on any atom is 0.271 e. The van der Waals surface area contributed by atoms with Gasteiger partial charge in [0.2, 0.25) is 0 Å². The summed E-state index contributed by atoms with van der Waals surface area (Å²) in [5.74, 6) is 0.528. The first-order valence-corrected chi connectivity index (χ1v) is 6.83. The molecule has 1 aromatic heterocycles. The average Bonchev–Trinajstić information content (AvgIpc) is 2.39. The monoisotopic (exact) mass is 282 g/mol. The van der Waals surface area contributed by atoms with Crippen molar-refractivity contribution < 1.29 is 4.79 Å². The molecule has 3 N–H and O–H groups in total. The lowest BCUT2D eigenvalue weighted by Crippen LogP contribution is -2.39. The third-order valence-corrected chi connectivity index (χ3v) is 3.66. The van der Waals surface area contributed by atoms with Crippen LogP contribution in [0.2, 0.25) is 5.02 Å². The van der Waals surface area contributed by atoms with Crippen LogP contribution >= 0.6 is 11.6 Å². The second-order valence-electron chi connectivity index (χ2n) is 5.05. The molecule has 1 atom stereocenters. The van der Waals surface area contributed by atoms with E-state index < -0.39 is 0 Å². The van der Waals surface area contributed by atoms with Gasteiger partial charge in [0.25, 0.3) is 5.91 Å². The number of nitrogens with one attached hydrogen (secondary N) is 1. The number of rotatable bonds is 3. The van der Waals surface area contributed by atoms with Crippen molar-refractivity contribution in [3.05, 3.63) is 22.8 Å². The predicted molar refractivity (Wildman–Crippen MR) is 76.2 cm³/mol. The van der Waals surface area contributed by atoms with Gasteiger partial charge in [0.15, 0.2) is 0 Å². The normalized spacial score (nSPS) is 20.2. The van der Waals surface area contributed by atoms with Gasteiger partial charge in [0.05, 0.1) is 5.02 Å². The number of anilines is 1. The van der Waals surface area contributed by atoms with Crippen LogP contribution in [0.5, 0.6) is 0 Å². The highest BCUT2D eigenvalue weighted by molar-refractivity contribution is 6.33. The molecule has 2 rings (SSSR count). The molecule has 1 aliphatic heterocycles. The van der Waals surface area contributed by atoms with E-state index in [0.717, 1.165) is 19.5 Å². The quantitative estimate of drug-likeness (QED) is 0.879. The Morgan fingerprint density at radius 2 is 2.42 bits per heavy atom. The minimum absolute atomic E-state index is 0.200. The third kappa shape index (κ3) is 3.81. The van der Waals surface area contributed by atoms with Crippen molar-refractivity contribution in [2.75, 3.05) is 32.4 Å². The maximum absolute atomic E-state index is 12.0. The first-order valence-electron chi connectivity index (χ1n) is 6.45. The second kappa shape index (κ2) is 6.21. The minimum atomic E-state index is -0.259. The van der Waals surface area contributed by atoms with Crippen molar-refractivity contribution in [1.29, 1.82) is 0 Å². The van der Waals surface area contributed by atoms with Crippen LogP contribution in [-0.2, 0) is 0 Å². The molecule has 19 heavy (non-hydrogen) atoms. The van der Waals surface area contributed by atoms with E-state index in [1.807, 2.05) is 0 Å². The topological polar surface area (TPSA) is 71.2 Å². The van der Waals surface area contributed by atoms with E-state index >= 15 is 0 Å². The first kappa shape index (κ1) is 14.1. The Morgan fingerprint density at radius 3 is 3.16 bits per heavy atom. The molecule has 1 aromatic rings. The van der Waals surface area contributed by atoms with Crippen LogP contribution in [0.25, 0.3) is 0 Å². The highest BCUT2D eigenvalue weighted by Crippen LogP contribution is 2.16. The molecule has 0 spiro atoms. The van der Waals surface area contributed by atoms with Gasteiger partial charge < -0.3 is 16.0 Å². The molecule has 0 aromatic carbocycles. The Hall–Kier alpha value is -1.33. The van der Waals surface area contributed by atoms with E-state index in [-0.39, 0.29) is 11.6 Å². The van der Waals surface area contributed by atoms with Gasteiger partial charge in [-0.1, -0.05) is 11.6 Å². The number of hydrogen-bond donors (Lipinski definition) is 2. The average molecular weight is 283 g/mol. The SMILES string of the molecule is CN1CCCC(CNC(=O)c2nc(N)ccc2Cl)C1. The summed E-state index contributed by atoms with van der Waals surface area (Å²) in [4.78, 5) is 18.3. The number of hydrogen-bond acceptors (Lipinski definition) is 4. The molecule has 0 saturated carbocycles. The van der Waals surface area contributed by atoms with Crippen molar-refractivity contribution in [3.63, 3.8) is 0 Å². The van der Waals surface area contributed by atoms with Gasteiger partial charge in [-0.2, -0.15) is 0 Å². The fourth-order valence-electron chi connectivity index (χ4n) is 2.38. The van der Waals surface area contributed by atoms with Crippen LogP contribution < -0.4 is 11.1 Å². The second-order valence-corrected chi connectivity index (χ2v) is 5.45. The van der Waals surface area contributed by atoms with Gasteiger partial charge in [0, 0.05) is 13.1 Å². The van der Waals surface area contributed by atoms with E-state index in [0.29, 0.717) is 23.3 Å². The number of amides is 1. The molecule has 104 valence electrons. The highest BCUT2D eigenvalue weighted by atomic mass is 35.5. The van der Waals surface area contributed by atoms with Crippen molar-refractivity contribution in [2.45, 2.75) is 12.8 Å². The van der Waals surface area contributed by atoms with Gasteiger partial charge >= 0.3 is 0 Å². The summed E-state index contributed by atoms with van der Waals surface area (Å²) in [7, 11) is 2.10. The molecule has 2 heterocycles. The van der Waals surface area contributed by atoms with Gasteiger partial charge in [-0.25, -0.2) is 4.98 Å². The number of carbonyl (C=O) groups excluding carboxylic acids is 1. The summed E-state index contributed by atoms with van der Waals surface area (Å²) in [5.41, 5.74) is 5.77. The Labute approximate surface area is 118 Å².